The van der Waals surface area contributed by atoms with Crippen LogP contribution in [-0.2, 0) is 0 Å². The van der Waals surface area contributed by atoms with Gasteiger partial charge in [-0.1, -0.05) is 48.5 Å². The Labute approximate surface area is 188 Å². The zero-order valence-electron chi connectivity index (χ0n) is 18.3. The number of amides is 1. The van der Waals surface area contributed by atoms with Gasteiger partial charge in [0.1, 0.15) is 0 Å². The number of carbonyl (C=O) groups excluding carboxylic acids is 1. The number of carbonyl (C=O) groups is 2. The molecule has 5 nitrogen and oxygen atoms in total. The Hall–Kier alpha value is -3.86. The number of aryl methyl sites for hydroxylation is 2. The molecule has 0 atom stereocenters. The Morgan fingerprint density at radius 2 is 1.62 bits per heavy atom. The smallest absolute Gasteiger partial charge is 0.337 e. The summed E-state index contributed by atoms with van der Waals surface area (Å²) < 4.78 is 0. The van der Waals surface area contributed by atoms with Crippen molar-refractivity contribution in [1.29, 1.82) is 0 Å². The number of benzene rings is 3. The summed E-state index contributed by atoms with van der Waals surface area (Å²) in [6.45, 7) is 5.35. The highest BCUT2D eigenvalue weighted by Crippen LogP contribution is 2.31. The average molecular weight is 427 g/mol. The fourth-order valence-corrected chi connectivity index (χ4v) is 4.15. The molecule has 162 valence electrons. The molecule has 0 bridgehead atoms. The Balaban J connectivity index is 1.55. The summed E-state index contributed by atoms with van der Waals surface area (Å²) in [6.07, 6.45) is 3.01. The van der Waals surface area contributed by atoms with E-state index in [0.29, 0.717) is 23.5 Å². The third-order valence-electron chi connectivity index (χ3n) is 5.92. The molecule has 0 fully saturated rings. The Kier molecular flexibility index (Phi) is 6.08. The van der Waals surface area contributed by atoms with Crippen LogP contribution in [0.25, 0.3) is 5.57 Å². The Morgan fingerprint density at radius 1 is 0.906 bits per heavy atom. The lowest BCUT2D eigenvalue weighted by atomic mass is 9.95. The van der Waals surface area contributed by atoms with Gasteiger partial charge in [-0.05, 0) is 66.8 Å². The predicted molar refractivity (Wildman–Crippen MR) is 129 cm³/mol. The maximum atomic E-state index is 12.6. The van der Waals surface area contributed by atoms with Crippen LogP contribution in [0, 0.1) is 13.8 Å². The van der Waals surface area contributed by atoms with E-state index in [-0.39, 0.29) is 11.5 Å². The van der Waals surface area contributed by atoms with Crippen LogP contribution in [0.4, 0.5) is 11.4 Å². The van der Waals surface area contributed by atoms with E-state index >= 15 is 0 Å². The molecule has 3 aromatic rings. The minimum atomic E-state index is -1.01. The van der Waals surface area contributed by atoms with Crippen LogP contribution < -0.4 is 10.2 Å². The number of anilines is 2. The van der Waals surface area contributed by atoms with E-state index in [9.17, 15) is 14.7 Å². The van der Waals surface area contributed by atoms with E-state index in [1.165, 1.54) is 22.8 Å². The number of hydrogen-bond acceptors (Lipinski definition) is 3. The lowest BCUT2D eigenvalue weighted by molar-refractivity contribution is 0.0697. The maximum Gasteiger partial charge on any atom is 0.337 e. The third kappa shape index (κ3) is 4.42. The number of carboxylic acids is 1. The van der Waals surface area contributed by atoms with Gasteiger partial charge in [-0.25, -0.2) is 4.79 Å². The largest absolute Gasteiger partial charge is 0.478 e. The Bertz CT molecular complexity index is 1210. The summed E-state index contributed by atoms with van der Waals surface area (Å²) in [5.74, 6) is -1.27. The topological polar surface area (TPSA) is 69.6 Å². The van der Waals surface area contributed by atoms with Crippen molar-refractivity contribution in [2.75, 3.05) is 23.3 Å². The van der Waals surface area contributed by atoms with Crippen molar-refractivity contribution in [1.82, 2.24) is 0 Å². The maximum absolute atomic E-state index is 12.6. The van der Waals surface area contributed by atoms with Crippen LogP contribution in [-0.4, -0.2) is 30.1 Å². The molecule has 0 spiro atoms. The number of hydrogen-bond donors (Lipinski definition) is 2. The highest BCUT2D eigenvalue weighted by molar-refractivity contribution is 6.06. The number of nitrogens with one attached hydrogen (secondary N) is 1. The van der Waals surface area contributed by atoms with Gasteiger partial charge in [0.15, 0.2) is 0 Å². The van der Waals surface area contributed by atoms with E-state index in [0.717, 1.165) is 18.5 Å². The molecule has 0 aromatic heterocycles. The van der Waals surface area contributed by atoms with Crippen LogP contribution in [0.3, 0.4) is 0 Å². The van der Waals surface area contributed by atoms with Gasteiger partial charge in [0.25, 0.3) is 5.91 Å². The van der Waals surface area contributed by atoms with Crippen LogP contribution in [0.15, 0.2) is 72.8 Å². The van der Waals surface area contributed by atoms with Gasteiger partial charge in [-0.15, -0.1) is 0 Å². The van der Waals surface area contributed by atoms with Crippen molar-refractivity contribution in [3.8, 4) is 0 Å². The van der Waals surface area contributed by atoms with Gasteiger partial charge >= 0.3 is 5.97 Å². The molecule has 1 amide bonds. The minimum Gasteiger partial charge on any atom is -0.478 e. The van der Waals surface area contributed by atoms with E-state index in [2.05, 4.69) is 35.3 Å². The van der Waals surface area contributed by atoms with Gasteiger partial charge in [-0.3, -0.25) is 4.79 Å². The summed E-state index contributed by atoms with van der Waals surface area (Å²) in [4.78, 5) is 26.7. The van der Waals surface area contributed by atoms with E-state index in [1.54, 1.807) is 18.2 Å². The summed E-state index contributed by atoms with van der Waals surface area (Å²) in [5.41, 5.74) is 6.52. The van der Waals surface area contributed by atoms with Crippen molar-refractivity contribution in [3.63, 3.8) is 0 Å². The number of carboxylic acid groups (broad SMARTS) is 1. The zero-order chi connectivity index (χ0) is 22.7. The quantitative estimate of drug-likeness (QED) is 0.561. The first-order valence-corrected chi connectivity index (χ1v) is 10.7. The second-order valence-corrected chi connectivity index (χ2v) is 8.05. The first-order chi connectivity index (χ1) is 15.4. The average Bonchev–Trinajstić information content (AvgIpc) is 2.80. The summed E-state index contributed by atoms with van der Waals surface area (Å²) in [7, 11) is 0. The molecule has 0 aliphatic carbocycles. The van der Waals surface area contributed by atoms with E-state index in [1.807, 2.05) is 37.3 Å². The first kappa shape index (κ1) is 21.4. The molecule has 0 saturated carbocycles. The molecule has 0 unspecified atom stereocenters. The van der Waals surface area contributed by atoms with Crippen molar-refractivity contribution in [2.24, 2.45) is 0 Å². The monoisotopic (exact) mass is 426 g/mol. The normalized spacial score (nSPS) is 13.4. The molecule has 32 heavy (non-hydrogen) atoms. The van der Waals surface area contributed by atoms with Gasteiger partial charge in [0.05, 0.1) is 11.3 Å². The van der Waals surface area contributed by atoms with Crippen molar-refractivity contribution in [3.05, 3.63) is 101 Å². The number of nitrogens with zero attached hydrogens (tertiary/aromatic N) is 1. The van der Waals surface area contributed by atoms with Gasteiger partial charge in [0, 0.05) is 24.3 Å². The molecule has 0 saturated heterocycles. The highest BCUT2D eigenvalue weighted by atomic mass is 16.4. The Morgan fingerprint density at radius 3 is 2.28 bits per heavy atom. The molecule has 0 radical (unpaired) electrons. The fourth-order valence-electron chi connectivity index (χ4n) is 4.15. The highest BCUT2D eigenvalue weighted by Gasteiger charge is 2.21. The number of rotatable bonds is 5. The summed E-state index contributed by atoms with van der Waals surface area (Å²) in [6, 6.07) is 20.7. The lowest BCUT2D eigenvalue weighted by Gasteiger charge is -2.30. The molecular weight excluding hydrogens is 400 g/mol. The SMILES string of the molecule is Cc1ccccc1C(=O)Nc1ccc(N2CC=C(c3ccccc3C)CC2)c(C(=O)O)c1. The van der Waals surface area contributed by atoms with Crippen molar-refractivity contribution >= 4 is 28.8 Å². The van der Waals surface area contributed by atoms with Gasteiger partial charge in [-0.2, -0.15) is 0 Å². The van der Waals surface area contributed by atoms with Crippen molar-refractivity contribution < 1.29 is 14.7 Å². The third-order valence-corrected chi connectivity index (χ3v) is 5.92. The molecule has 1 aliphatic heterocycles. The molecular formula is C27H26N2O3. The summed E-state index contributed by atoms with van der Waals surface area (Å²) in [5, 5.41) is 12.7. The minimum absolute atomic E-state index is 0.181. The first-order valence-electron chi connectivity index (χ1n) is 10.7. The van der Waals surface area contributed by atoms with E-state index < -0.39 is 5.97 Å². The van der Waals surface area contributed by atoms with Gasteiger partial charge in [0.2, 0.25) is 0 Å². The molecule has 2 N–H and O–H groups in total. The summed E-state index contributed by atoms with van der Waals surface area (Å²) >= 11 is 0. The van der Waals surface area contributed by atoms with Crippen LogP contribution in [0.2, 0.25) is 0 Å². The van der Waals surface area contributed by atoms with Gasteiger partial charge < -0.3 is 15.3 Å². The predicted octanol–water partition coefficient (Wildman–Crippen LogP) is 5.55. The van der Waals surface area contributed by atoms with Crippen LogP contribution >= 0.6 is 0 Å². The molecule has 1 aliphatic rings. The van der Waals surface area contributed by atoms with E-state index in [4.69, 9.17) is 0 Å². The zero-order valence-corrected chi connectivity index (χ0v) is 18.3. The van der Waals surface area contributed by atoms with Crippen LogP contribution in [0.1, 0.15) is 43.8 Å². The fraction of sp³-hybridized carbons (Fsp3) is 0.185. The molecule has 3 aromatic carbocycles. The van der Waals surface area contributed by atoms with Crippen molar-refractivity contribution in [2.45, 2.75) is 20.3 Å². The lowest BCUT2D eigenvalue weighted by Crippen LogP contribution is -2.30. The second kappa shape index (κ2) is 9.10. The van der Waals surface area contributed by atoms with Crippen LogP contribution in [0.5, 0.6) is 0 Å². The second-order valence-electron chi connectivity index (χ2n) is 8.05. The molecule has 4 rings (SSSR count). The standard InChI is InChI=1S/C27H26N2O3/c1-18-7-3-5-9-22(18)20-13-15-29(16-14-20)25-12-11-21(17-24(25)27(31)32)28-26(30)23-10-6-4-8-19(23)2/h3-13,17H,14-16H2,1-2H3,(H,28,30)(H,31,32). The molecule has 5 heteroatoms. The number of aromatic carboxylic acids is 1. The molecule has 1 heterocycles.